The standard InChI is InChI=1S/C10H22N2O3S/c1-9(7-11)8-16(14,15)6-4-5-10(13)12(2)3/h9H,4-8,11H2,1-3H3. The van der Waals surface area contributed by atoms with Crippen molar-refractivity contribution in [1.82, 2.24) is 4.90 Å². The highest BCUT2D eigenvalue weighted by Crippen LogP contribution is 2.04. The fourth-order valence-corrected chi connectivity index (χ4v) is 3.01. The van der Waals surface area contributed by atoms with E-state index in [1.807, 2.05) is 6.92 Å². The van der Waals surface area contributed by atoms with Crippen LogP contribution in [0.5, 0.6) is 0 Å². The Kier molecular flexibility index (Phi) is 6.59. The molecule has 0 saturated heterocycles. The zero-order chi connectivity index (χ0) is 12.8. The van der Waals surface area contributed by atoms with E-state index in [2.05, 4.69) is 0 Å². The third kappa shape index (κ3) is 6.79. The van der Waals surface area contributed by atoms with Gasteiger partial charge in [0.25, 0.3) is 0 Å². The van der Waals surface area contributed by atoms with Crippen LogP contribution < -0.4 is 5.73 Å². The van der Waals surface area contributed by atoms with Gasteiger partial charge >= 0.3 is 0 Å². The van der Waals surface area contributed by atoms with Gasteiger partial charge in [-0.25, -0.2) is 8.42 Å². The predicted octanol–water partition coefficient (Wildman–Crippen LogP) is -0.136. The molecule has 0 aromatic carbocycles. The molecule has 0 aromatic rings. The number of sulfone groups is 1. The van der Waals surface area contributed by atoms with Crippen molar-refractivity contribution < 1.29 is 13.2 Å². The van der Waals surface area contributed by atoms with E-state index in [0.717, 1.165) is 0 Å². The van der Waals surface area contributed by atoms with Crippen LogP contribution in [0.25, 0.3) is 0 Å². The lowest BCUT2D eigenvalue weighted by molar-refractivity contribution is -0.128. The molecule has 1 atom stereocenters. The van der Waals surface area contributed by atoms with Gasteiger partial charge in [-0.05, 0) is 18.9 Å². The summed E-state index contributed by atoms with van der Waals surface area (Å²) in [5.41, 5.74) is 5.37. The number of nitrogens with zero attached hydrogens (tertiary/aromatic N) is 1. The topological polar surface area (TPSA) is 80.5 Å². The Labute approximate surface area is 97.9 Å². The van der Waals surface area contributed by atoms with Crippen molar-refractivity contribution in [2.75, 3.05) is 32.1 Å². The normalized spacial score (nSPS) is 13.5. The van der Waals surface area contributed by atoms with E-state index >= 15 is 0 Å². The van der Waals surface area contributed by atoms with E-state index in [9.17, 15) is 13.2 Å². The fourth-order valence-electron chi connectivity index (χ4n) is 1.25. The Morgan fingerprint density at radius 3 is 2.38 bits per heavy atom. The van der Waals surface area contributed by atoms with Gasteiger partial charge < -0.3 is 10.6 Å². The first kappa shape index (κ1) is 15.4. The van der Waals surface area contributed by atoms with Crippen LogP contribution in [0.4, 0.5) is 0 Å². The molecule has 0 fully saturated rings. The third-order valence-electron chi connectivity index (χ3n) is 2.29. The average molecular weight is 250 g/mol. The summed E-state index contributed by atoms with van der Waals surface area (Å²) in [6, 6.07) is 0. The second kappa shape index (κ2) is 6.85. The van der Waals surface area contributed by atoms with E-state index < -0.39 is 9.84 Å². The molecular weight excluding hydrogens is 228 g/mol. The SMILES string of the molecule is CC(CN)CS(=O)(=O)CCCC(=O)N(C)C. The minimum Gasteiger partial charge on any atom is -0.349 e. The molecule has 0 spiro atoms. The Morgan fingerprint density at radius 1 is 1.38 bits per heavy atom. The maximum absolute atomic E-state index is 11.6. The maximum Gasteiger partial charge on any atom is 0.222 e. The van der Waals surface area contributed by atoms with Crippen molar-refractivity contribution in [3.8, 4) is 0 Å². The van der Waals surface area contributed by atoms with Crippen molar-refractivity contribution in [1.29, 1.82) is 0 Å². The largest absolute Gasteiger partial charge is 0.349 e. The third-order valence-corrected chi connectivity index (χ3v) is 4.27. The molecule has 0 heterocycles. The molecule has 0 rings (SSSR count). The Morgan fingerprint density at radius 2 is 1.94 bits per heavy atom. The van der Waals surface area contributed by atoms with Crippen molar-refractivity contribution >= 4 is 15.7 Å². The van der Waals surface area contributed by atoms with Crippen molar-refractivity contribution in [2.45, 2.75) is 19.8 Å². The zero-order valence-electron chi connectivity index (χ0n) is 10.3. The zero-order valence-corrected chi connectivity index (χ0v) is 11.1. The number of carbonyl (C=O) groups is 1. The average Bonchev–Trinajstić information content (AvgIpc) is 2.16. The van der Waals surface area contributed by atoms with Crippen molar-refractivity contribution in [2.24, 2.45) is 11.7 Å². The van der Waals surface area contributed by atoms with Crippen LogP contribution in [0.15, 0.2) is 0 Å². The second-order valence-corrected chi connectivity index (χ2v) is 6.58. The summed E-state index contributed by atoms with van der Waals surface area (Å²) in [5, 5.41) is 0. The molecule has 2 N–H and O–H groups in total. The van der Waals surface area contributed by atoms with Gasteiger partial charge in [0, 0.05) is 20.5 Å². The van der Waals surface area contributed by atoms with Crippen LogP contribution in [0.1, 0.15) is 19.8 Å². The molecule has 96 valence electrons. The van der Waals surface area contributed by atoms with Crippen molar-refractivity contribution in [3.63, 3.8) is 0 Å². The Hall–Kier alpha value is -0.620. The Bertz CT molecular complexity index is 312. The molecular formula is C10H22N2O3S. The summed E-state index contributed by atoms with van der Waals surface area (Å²) in [6.45, 7) is 2.18. The summed E-state index contributed by atoms with van der Waals surface area (Å²) >= 11 is 0. The van der Waals surface area contributed by atoms with E-state index in [4.69, 9.17) is 5.73 Å². The summed E-state index contributed by atoms with van der Waals surface area (Å²) in [6.07, 6.45) is 0.667. The molecule has 0 aromatic heterocycles. The molecule has 0 radical (unpaired) electrons. The van der Waals surface area contributed by atoms with Crippen molar-refractivity contribution in [3.05, 3.63) is 0 Å². The van der Waals surface area contributed by atoms with Gasteiger partial charge in [-0.3, -0.25) is 4.79 Å². The first-order chi connectivity index (χ1) is 7.28. The van der Waals surface area contributed by atoms with Crippen LogP contribution >= 0.6 is 0 Å². The van der Waals surface area contributed by atoms with Gasteiger partial charge in [-0.1, -0.05) is 6.92 Å². The molecule has 16 heavy (non-hydrogen) atoms. The number of nitrogens with two attached hydrogens (primary N) is 1. The summed E-state index contributed by atoms with van der Waals surface area (Å²) in [7, 11) is 0.255. The fraction of sp³-hybridized carbons (Fsp3) is 0.900. The Balaban J connectivity index is 3.97. The van der Waals surface area contributed by atoms with Crippen LogP contribution in [0, 0.1) is 5.92 Å². The van der Waals surface area contributed by atoms with E-state index in [1.165, 1.54) is 4.90 Å². The number of rotatable bonds is 7. The minimum absolute atomic E-state index is 0.0189. The number of hydrogen-bond acceptors (Lipinski definition) is 4. The molecule has 1 unspecified atom stereocenters. The van der Waals surface area contributed by atoms with Gasteiger partial charge in [0.1, 0.15) is 0 Å². The van der Waals surface area contributed by atoms with Gasteiger partial charge in [-0.15, -0.1) is 0 Å². The monoisotopic (exact) mass is 250 g/mol. The van der Waals surface area contributed by atoms with Gasteiger partial charge in [0.05, 0.1) is 11.5 Å². The van der Waals surface area contributed by atoms with Gasteiger partial charge in [-0.2, -0.15) is 0 Å². The highest BCUT2D eigenvalue weighted by Gasteiger charge is 2.15. The van der Waals surface area contributed by atoms with Gasteiger partial charge in [0.15, 0.2) is 9.84 Å². The number of hydrogen-bond donors (Lipinski definition) is 1. The van der Waals surface area contributed by atoms with Gasteiger partial charge in [0.2, 0.25) is 5.91 Å². The van der Waals surface area contributed by atoms with Crippen LogP contribution in [0.3, 0.4) is 0 Å². The summed E-state index contributed by atoms with van der Waals surface area (Å²) in [4.78, 5) is 12.7. The molecule has 1 amide bonds. The van der Waals surface area contributed by atoms with E-state index in [0.29, 0.717) is 13.0 Å². The first-order valence-electron chi connectivity index (χ1n) is 5.39. The lowest BCUT2D eigenvalue weighted by Gasteiger charge is -2.11. The quantitative estimate of drug-likeness (QED) is 0.682. The smallest absolute Gasteiger partial charge is 0.222 e. The number of amides is 1. The second-order valence-electron chi connectivity index (χ2n) is 4.35. The molecule has 5 nitrogen and oxygen atoms in total. The lowest BCUT2D eigenvalue weighted by Crippen LogP contribution is -2.25. The minimum atomic E-state index is -3.07. The summed E-state index contributed by atoms with van der Waals surface area (Å²) in [5.74, 6) is 0.118. The van der Waals surface area contributed by atoms with Crippen LogP contribution in [0.2, 0.25) is 0 Å². The highest BCUT2D eigenvalue weighted by molar-refractivity contribution is 7.91. The maximum atomic E-state index is 11.6. The van der Waals surface area contributed by atoms with Crippen LogP contribution in [-0.2, 0) is 14.6 Å². The molecule has 0 aliphatic heterocycles. The molecule has 0 saturated carbocycles. The molecule has 0 bridgehead atoms. The predicted molar refractivity (Wildman–Crippen MR) is 64.8 cm³/mol. The first-order valence-corrected chi connectivity index (χ1v) is 7.21. The summed E-state index contributed by atoms with van der Waals surface area (Å²) < 4.78 is 23.1. The molecule has 0 aliphatic rings. The lowest BCUT2D eigenvalue weighted by atomic mass is 10.2. The van der Waals surface area contributed by atoms with E-state index in [-0.39, 0.29) is 29.8 Å². The molecule has 6 heteroatoms. The molecule has 0 aliphatic carbocycles. The number of carbonyl (C=O) groups excluding carboxylic acids is 1. The van der Waals surface area contributed by atoms with Crippen LogP contribution in [-0.4, -0.2) is 51.4 Å². The highest BCUT2D eigenvalue weighted by atomic mass is 32.2. The van der Waals surface area contributed by atoms with E-state index in [1.54, 1.807) is 14.1 Å².